The molecular formula is C23H29N4O4+. The number of allylic oxidation sites excluding steroid dienone is 1. The van der Waals surface area contributed by atoms with Crippen LogP contribution in [0.25, 0.3) is 11.1 Å². The van der Waals surface area contributed by atoms with Gasteiger partial charge >= 0.3 is 6.07 Å². The second-order valence-electron chi connectivity index (χ2n) is 8.15. The van der Waals surface area contributed by atoms with Crippen molar-refractivity contribution in [3.05, 3.63) is 46.6 Å². The minimum Gasteiger partial charge on any atom is -0.449 e. The number of nitrogens with zero attached hydrogens (tertiary/aromatic N) is 2. The molecule has 1 unspecified atom stereocenters. The predicted octanol–water partition coefficient (Wildman–Crippen LogP) is 3.86. The summed E-state index contributed by atoms with van der Waals surface area (Å²) < 4.78 is 5.45. The van der Waals surface area contributed by atoms with Crippen molar-refractivity contribution >= 4 is 24.1 Å². The molecular weight excluding hydrogens is 396 g/mol. The minimum absolute atomic E-state index is 0.00208. The summed E-state index contributed by atoms with van der Waals surface area (Å²) in [4.78, 5) is 32.0. The molecule has 1 aromatic heterocycles. The zero-order chi connectivity index (χ0) is 22.4. The highest BCUT2D eigenvalue weighted by Crippen LogP contribution is 2.40. The molecule has 1 saturated heterocycles. The first-order chi connectivity index (χ1) is 14.9. The lowest BCUT2D eigenvalue weighted by molar-refractivity contribution is -0.132. The maximum atomic E-state index is 12.6. The topological polar surface area (TPSA) is 100.0 Å². The quantitative estimate of drug-likeness (QED) is 0.618. The van der Waals surface area contributed by atoms with Crippen molar-refractivity contribution in [1.82, 2.24) is 10.2 Å². The molecule has 164 valence electrons. The van der Waals surface area contributed by atoms with E-state index in [1.807, 2.05) is 0 Å². The van der Waals surface area contributed by atoms with E-state index >= 15 is 0 Å². The summed E-state index contributed by atoms with van der Waals surface area (Å²) in [5.41, 5.74) is 0.624. The van der Waals surface area contributed by atoms with Crippen LogP contribution in [0.4, 0.5) is 0 Å². The number of rotatable bonds is 8. The lowest BCUT2D eigenvalue weighted by Gasteiger charge is -2.44. The Balaban J connectivity index is 1.57. The van der Waals surface area contributed by atoms with Crippen LogP contribution in [0, 0.1) is 22.8 Å². The number of carbonyl (C=O) groups is 2. The summed E-state index contributed by atoms with van der Waals surface area (Å²) in [5, 5.41) is 13.9. The fourth-order valence-electron chi connectivity index (χ4n) is 4.20. The van der Waals surface area contributed by atoms with E-state index in [0.717, 1.165) is 25.5 Å². The summed E-state index contributed by atoms with van der Waals surface area (Å²) in [6.45, 7) is 9.80. The minimum atomic E-state index is -0.301. The summed E-state index contributed by atoms with van der Waals surface area (Å²) in [7, 11) is 0. The van der Waals surface area contributed by atoms with Crippen molar-refractivity contribution in [1.29, 1.82) is 5.41 Å². The van der Waals surface area contributed by atoms with Crippen LogP contribution in [0.2, 0.25) is 0 Å². The van der Waals surface area contributed by atoms with Crippen LogP contribution in [0.15, 0.2) is 28.9 Å². The van der Waals surface area contributed by atoms with E-state index < -0.39 is 0 Å². The number of piperidine rings is 1. The Hall–Kier alpha value is -3.34. The standard InChI is InChI=1S/C23H28N4O4/c1-4-16-13-19(30-20(16)14-24)21(28)25-15-17(5-2)23(3)8-11-27(12-9-23)22(29)18-7-6-10-26-31-18/h4,7,13-14,17,24H,1,5-6,8-9,11-12,15H2,2-3H3/p+1. The molecule has 0 aliphatic carbocycles. The van der Waals surface area contributed by atoms with Crippen molar-refractivity contribution in [3.63, 3.8) is 0 Å². The maximum absolute atomic E-state index is 12.6. The fraction of sp³-hybridized carbons (Fsp3) is 0.478. The van der Waals surface area contributed by atoms with Gasteiger partial charge in [-0.25, -0.2) is 0 Å². The van der Waals surface area contributed by atoms with E-state index in [1.165, 1.54) is 0 Å². The molecule has 0 spiro atoms. The largest absolute Gasteiger partial charge is 0.449 e. The molecule has 1 aromatic rings. The van der Waals surface area contributed by atoms with Crippen molar-refractivity contribution < 1.29 is 18.8 Å². The summed E-state index contributed by atoms with van der Waals surface area (Å²) in [6, 6.07) is 4.25. The van der Waals surface area contributed by atoms with E-state index in [2.05, 4.69) is 36.8 Å². The zero-order valence-corrected chi connectivity index (χ0v) is 18.1. The molecule has 3 heterocycles. The van der Waals surface area contributed by atoms with Crippen LogP contribution in [0.5, 0.6) is 0 Å². The Bertz CT molecular complexity index is 932. The van der Waals surface area contributed by atoms with Gasteiger partial charge in [0.2, 0.25) is 5.01 Å². The Labute approximate surface area is 182 Å². The molecule has 1 atom stereocenters. The molecule has 8 heteroatoms. The fourth-order valence-corrected chi connectivity index (χ4v) is 4.20. The molecule has 2 N–H and O–H groups in total. The van der Waals surface area contributed by atoms with Crippen LogP contribution < -0.4 is 5.32 Å². The first-order valence-electron chi connectivity index (χ1n) is 10.6. The van der Waals surface area contributed by atoms with Gasteiger partial charge in [0.25, 0.3) is 17.6 Å². The van der Waals surface area contributed by atoms with Gasteiger partial charge in [-0.2, -0.15) is 0 Å². The molecule has 8 nitrogen and oxygen atoms in total. The number of amides is 2. The zero-order valence-electron chi connectivity index (χ0n) is 18.1. The summed E-state index contributed by atoms with van der Waals surface area (Å²) in [6.07, 6.45) is 7.40. The second kappa shape index (κ2) is 9.65. The normalized spacial score (nSPS) is 18.0. The number of carbonyl (C=O) groups excluding carboxylic acids is 2. The van der Waals surface area contributed by atoms with Gasteiger partial charge in [0.1, 0.15) is 6.42 Å². The highest BCUT2D eigenvalue weighted by molar-refractivity contribution is 5.94. The van der Waals surface area contributed by atoms with E-state index in [0.29, 0.717) is 37.4 Å². The highest BCUT2D eigenvalue weighted by atomic mass is 16.6. The van der Waals surface area contributed by atoms with Gasteiger partial charge in [-0.15, -0.1) is 4.84 Å². The number of hydrogen-bond acceptors (Lipinski definition) is 5. The summed E-state index contributed by atoms with van der Waals surface area (Å²) in [5.74, 6) is 0.583. The Morgan fingerprint density at radius 3 is 2.74 bits per heavy atom. The first-order valence-corrected chi connectivity index (χ1v) is 10.6. The predicted molar refractivity (Wildman–Crippen MR) is 118 cm³/mol. The SMILES string of the molecule is C=Cc1cc(C(=O)NCC(CC)C2(C)CCN(C(=O)C3=CCC#[N+]O3)CC2)oc1C=N. The molecule has 2 aliphatic heterocycles. The smallest absolute Gasteiger partial charge is 0.354 e. The van der Waals surface area contributed by atoms with Crippen LogP contribution in [-0.4, -0.2) is 42.6 Å². The molecule has 3 rings (SSSR count). The highest BCUT2D eigenvalue weighted by Gasteiger charge is 2.39. The van der Waals surface area contributed by atoms with Gasteiger partial charge in [-0.1, -0.05) is 32.9 Å². The molecule has 2 amide bonds. The van der Waals surface area contributed by atoms with Gasteiger partial charge < -0.3 is 20.0 Å². The van der Waals surface area contributed by atoms with Crippen molar-refractivity contribution in [3.8, 4) is 6.07 Å². The van der Waals surface area contributed by atoms with Crippen LogP contribution in [0.3, 0.4) is 0 Å². The van der Waals surface area contributed by atoms with Crippen LogP contribution in [0.1, 0.15) is 61.4 Å². The number of hydrogen-bond donors (Lipinski definition) is 2. The van der Waals surface area contributed by atoms with Crippen LogP contribution >= 0.6 is 0 Å². The molecule has 0 radical (unpaired) electrons. The maximum Gasteiger partial charge on any atom is 0.354 e. The van der Waals surface area contributed by atoms with Crippen LogP contribution in [-0.2, 0) is 9.63 Å². The van der Waals surface area contributed by atoms with Crippen molar-refractivity contribution in [2.75, 3.05) is 19.6 Å². The number of nitrogens with one attached hydrogen (secondary N) is 2. The third-order valence-electron chi connectivity index (χ3n) is 6.34. The number of furan rings is 1. The van der Waals surface area contributed by atoms with Gasteiger partial charge in [-0.05, 0) is 36.3 Å². The first kappa shape index (κ1) is 22.3. The van der Waals surface area contributed by atoms with Crippen molar-refractivity contribution in [2.24, 2.45) is 11.3 Å². The van der Waals surface area contributed by atoms with Crippen molar-refractivity contribution in [2.45, 2.75) is 39.5 Å². The molecule has 1 fully saturated rings. The molecule has 0 aromatic carbocycles. The second-order valence-corrected chi connectivity index (χ2v) is 8.15. The van der Waals surface area contributed by atoms with E-state index in [1.54, 1.807) is 23.1 Å². The molecule has 31 heavy (non-hydrogen) atoms. The van der Waals surface area contributed by atoms with E-state index in [-0.39, 0.29) is 34.7 Å². The third-order valence-corrected chi connectivity index (χ3v) is 6.34. The average molecular weight is 426 g/mol. The van der Waals surface area contributed by atoms with Gasteiger partial charge in [0, 0.05) is 25.2 Å². The van der Waals surface area contributed by atoms with E-state index in [4.69, 9.17) is 14.7 Å². The lowest BCUT2D eigenvalue weighted by atomic mass is 9.69. The Morgan fingerprint density at radius 2 is 2.19 bits per heavy atom. The lowest BCUT2D eigenvalue weighted by Crippen LogP contribution is -2.47. The Kier molecular flexibility index (Phi) is 6.95. The molecule has 2 aliphatic rings. The van der Waals surface area contributed by atoms with Gasteiger partial charge in [0.15, 0.2) is 11.5 Å². The summed E-state index contributed by atoms with van der Waals surface area (Å²) >= 11 is 0. The monoisotopic (exact) mass is 425 g/mol. The average Bonchev–Trinajstić information content (AvgIpc) is 3.23. The third kappa shape index (κ3) is 4.88. The number of likely N-dealkylation sites (tertiary alicyclic amines) is 1. The molecule has 0 bridgehead atoms. The van der Waals surface area contributed by atoms with Gasteiger partial charge in [0.05, 0.1) is 6.21 Å². The van der Waals surface area contributed by atoms with Gasteiger partial charge in [-0.3, -0.25) is 9.59 Å². The Morgan fingerprint density at radius 1 is 1.45 bits per heavy atom. The van der Waals surface area contributed by atoms with E-state index in [9.17, 15) is 9.59 Å². The molecule has 0 saturated carbocycles.